The second-order valence-electron chi connectivity index (χ2n) is 3.27. The molecule has 1 aromatic rings. The fraction of sp³-hybridized carbons (Fsp3) is 0.364. The fourth-order valence-corrected chi connectivity index (χ4v) is 1.13. The van der Waals surface area contributed by atoms with Crippen molar-refractivity contribution < 1.29 is 14.2 Å². The van der Waals surface area contributed by atoms with Gasteiger partial charge in [-0.05, 0) is 24.1 Å². The highest BCUT2D eigenvalue weighted by Crippen LogP contribution is 2.16. The average molecular weight is 241 g/mol. The molecule has 94 valence electrons. The van der Waals surface area contributed by atoms with Crippen LogP contribution in [0, 0.1) is 5.82 Å². The number of halogens is 1. The van der Waals surface area contributed by atoms with Crippen LogP contribution in [-0.4, -0.2) is 31.6 Å². The molecule has 0 saturated heterocycles. The van der Waals surface area contributed by atoms with Gasteiger partial charge in [0.2, 0.25) is 0 Å². The molecule has 0 aliphatic rings. The van der Waals surface area contributed by atoms with Gasteiger partial charge in [-0.25, -0.2) is 15.4 Å². The van der Waals surface area contributed by atoms with E-state index in [1.807, 2.05) is 0 Å². The van der Waals surface area contributed by atoms with E-state index in [1.54, 1.807) is 12.1 Å². The zero-order valence-corrected chi connectivity index (χ0v) is 9.61. The minimum atomic E-state index is -0.404. The van der Waals surface area contributed by atoms with Crippen molar-refractivity contribution in [1.82, 2.24) is 11.0 Å². The standard InChI is InChI=1S/C11H16FN3O2/c1-17-11-7-9(3-4-10(11)12)8-14-15-13-5-2-6-16/h3-4,7-8,13,15-16H,2,5-6H2,1H3/b14-8+. The summed E-state index contributed by atoms with van der Waals surface area (Å²) in [5.41, 5.74) is 6.10. The summed E-state index contributed by atoms with van der Waals surface area (Å²) in [6.07, 6.45) is 2.18. The summed E-state index contributed by atoms with van der Waals surface area (Å²) < 4.78 is 17.9. The first-order valence-electron chi connectivity index (χ1n) is 5.23. The van der Waals surface area contributed by atoms with Gasteiger partial charge < -0.3 is 9.84 Å². The predicted octanol–water partition coefficient (Wildman–Crippen LogP) is 0.645. The molecule has 0 aliphatic carbocycles. The van der Waals surface area contributed by atoms with Crippen LogP contribution in [0.15, 0.2) is 23.3 Å². The molecule has 5 nitrogen and oxygen atoms in total. The minimum absolute atomic E-state index is 0.132. The van der Waals surface area contributed by atoms with Gasteiger partial charge in [-0.1, -0.05) is 6.07 Å². The van der Waals surface area contributed by atoms with E-state index in [0.29, 0.717) is 13.0 Å². The number of aliphatic hydroxyl groups excluding tert-OH is 1. The number of nitrogens with zero attached hydrogens (tertiary/aromatic N) is 1. The zero-order chi connectivity index (χ0) is 12.5. The van der Waals surface area contributed by atoms with Crippen molar-refractivity contribution in [2.75, 3.05) is 20.3 Å². The predicted molar refractivity (Wildman–Crippen MR) is 63.4 cm³/mol. The van der Waals surface area contributed by atoms with E-state index in [0.717, 1.165) is 5.56 Å². The third kappa shape index (κ3) is 4.80. The van der Waals surface area contributed by atoms with Gasteiger partial charge >= 0.3 is 0 Å². The van der Waals surface area contributed by atoms with Crippen LogP contribution in [0.5, 0.6) is 5.75 Å². The van der Waals surface area contributed by atoms with E-state index in [1.165, 1.54) is 19.4 Å². The summed E-state index contributed by atoms with van der Waals surface area (Å²) in [4.78, 5) is 0. The van der Waals surface area contributed by atoms with Gasteiger partial charge in [-0.15, -0.1) is 0 Å². The Balaban J connectivity index is 2.42. The van der Waals surface area contributed by atoms with E-state index in [-0.39, 0.29) is 12.4 Å². The maximum absolute atomic E-state index is 13.1. The minimum Gasteiger partial charge on any atom is -0.494 e. The molecule has 0 saturated carbocycles. The number of ether oxygens (including phenoxy) is 1. The van der Waals surface area contributed by atoms with Gasteiger partial charge in [0.25, 0.3) is 0 Å². The van der Waals surface area contributed by atoms with Crippen LogP contribution in [0.3, 0.4) is 0 Å². The van der Waals surface area contributed by atoms with E-state index >= 15 is 0 Å². The quantitative estimate of drug-likeness (QED) is 0.372. The molecule has 3 N–H and O–H groups in total. The Morgan fingerprint density at radius 2 is 2.35 bits per heavy atom. The number of nitrogens with one attached hydrogen (secondary N) is 2. The Hall–Kier alpha value is -1.66. The maximum Gasteiger partial charge on any atom is 0.165 e. The number of hydrogen-bond acceptors (Lipinski definition) is 5. The first-order valence-corrected chi connectivity index (χ1v) is 5.23. The Morgan fingerprint density at radius 3 is 3.06 bits per heavy atom. The zero-order valence-electron chi connectivity index (χ0n) is 9.61. The molecule has 17 heavy (non-hydrogen) atoms. The van der Waals surface area contributed by atoms with Crippen LogP contribution in [0.1, 0.15) is 12.0 Å². The molecule has 0 aliphatic heterocycles. The average Bonchev–Trinajstić information content (AvgIpc) is 2.35. The molecule has 0 fully saturated rings. The number of methoxy groups -OCH3 is 1. The summed E-state index contributed by atoms with van der Waals surface area (Å²) >= 11 is 0. The van der Waals surface area contributed by atoms with Gasteiger partial charge in [0.1, 0.15) is 0 Å². The number of hydrazine groups is 1. The van der Waals surface area contributed by atoms with E-state index in [9.17, 15) is 4.39 Å². The topological polar surface area (TPSA) is 65.9 Å². The molecule has 0 heterocycles. The molecule has 1 rings (SSSR count). The van der Waals surface area contributed by atoms with Crippen molar-refractivity contribution in [3.05, 3.63) is 29.6 Å². The lowest BCUT2D eigenvalue weighted by molar-refractivity contribution is 0.283. The first kappa shape index (κ1) is 13.4. The smallest absolute Gasteiger partial charge is 0.165 e. The van der Waals surface area contributed by atoms with E-state index in [4.69, 9.17) is 9.84 Å². The van der Waals surface area contributed by atoms with Crippen LogP contribution in [0.2, 0.25) is 0 Å². The Kier molecular flexibility index (Phi) is 5.98. The van der Waals surface area contributed by atoms with Crippen molar-refractivity contribution >= 4 is 6.21 Å². The molecule has 1 aromatic carbocycles. The van der Waals surface area contributed by atoms with Crippen molar-refractivity contribution in [3.63, 3.8) is 0 Å². The lowest BCUT2D eigenvalue weighted by atomic mass is 10.2. The molecule has 0 bridgehead atoms. The number of hydrogen-bond donors (Lipinski definition) is 3. The molecular weight excluding hydrogens is 225 g/mol. The highest BCUT2D eigenvalue weighted by Gasteiger charge is 2.01. The number of hydrazone groups is 1. The van der Waals surface area contributed by atoms with Gasteiger partial charge in [0.05, 0.1) is 13.3 Å². The van der Waals surface area contributed by atoms with E-state index in [2.05, 4.69) is 16.1 Å². The molecular formula is C11H16FN3O2. The normalized spacial score (nSPS) is 10.8. The van der Waals surface area contributed by atoms with Crippen LogP contribution >= 0.6 is 0 Å². The first-order chi connectivity index (χ1) is 8.27. The monoisotopic (exact) mass is 241 g/mol. The summed E-state index contributed by atoms with van der Waals surface area (Å²) in [5.74, 6) is -0.221. The summed E-state index contributed by atoms with van der Waals surface area (Å²) in [5, 5.41) is 12.4. The van der Waals surface area contributed by atoms with Crippen molar-refractivity contribution in [1.29, 1.82) is 0 Å². The highest BCUT2D eigenvalue weighted by molar-refractivity contribution is 5.79. The third-order valence-corrected chi connectivity index (χ3v) is 1.99. The second kappa shape index (κ2) is 7.59. The summed E-state index contributed by atoms with van der Waals surface area (Å²) in [6, 6.07) is 4.46. The van der Waals surface area contributed by atoms with E-state index < -0.39 is 5.82 Å². The lowest BCUT2D eigenvalue weighted by Gasteiger charge is -2.03. The number of aliphatic hydroxyl groups is 1. The van der Waals surface area contributed by atoms with Crippen LogP contribution < -0.4 is 15.7 Å². The van der Waals surface area contributed by atoms with Gasteiger partial charge in [-0.2, -0.15) is 5.10 Å². The summed E-state index contributed by atoms with van der Waals surface area (Å²) in [6.45, 7) is 0.744. The largest absolute Gasteiger partial charge is 0.494 e. The number of benzene rings is 1. The lowest BCUT2D eigenvalue weighted by Crippen LogP contribution is -2.28. The highest BCUT2D eigenvalue weighted by atomic mass is 19.1. The molecule has 0 radical (unpaired) electrons. The Bertz CT molecular complexity index is 372. The van der Waals surface area contributed by atoms with Gasteiger partial charge in [-0.3, -0.25) is 0 Å². The Morgan fingerprint density at radius 1 is 1.53 bits per heavy atom. The molecule has 6 heteroatoms. The van der Waals surface area contributed by atoms with Crippen molar-refractivity contribution in [2.45, 2.75) is 6.42 Å². The van der Waals surface area contributed by atoms with Crippen molar-refractivity contribution in [2.24, 2.45) is 5.10 Å². The third-order valence-electron chi connectivity index (χ3n) is 1.99. The maximum atomic E-state index is 13.1. The number of rotatable bonds is 7. The van der Waals surface area contributed by atoms with Crippen LogP contribution in [0.25, 0.3) is 0 Å². The Labute approximate surface area is 99.3 Å². The fourth-order valence-electron chi connectivity index (χ4n) is 1.13. The molecule has 0 aromatic heterocycles. The van der Waals surface area contributed by atoms with Crippen molar-refractivity contribution in [3.8, 4) is 5.75 Å². The van der Waals surface area contributed by atoms with Crippen LogP contribution in [-0.2, 0) is 0 Å². The molecule has 0 unspecified atom stereocenters. The molecule has 0 amide bonds. The SMILES string of the molecule is COc1cc(/C=N/NNCCCO)ccc1F. The van der Waals surface area contributed by atoms with Gasteiger partial charge in [0.15, 0.2) is 11.6 Å². The van der Waals surface area contributed by atoms with Gasteiger partial charge in [0, 0.05) is 13.2 Å². The summed E-state index contributed by atoms with van der Waals surface area (Å²) in [7, 11) is 1.41. The van der Waals surface area contributed by atoms with Crippen LogP contribution in [0.4, 0.5) is 4.39 Å². The molecule has 0 spiro atoms. The molecule has 0 atom stereocenters. The second-order valence-corrected chi connectivity index (χ2v) is 3.27.